The highest BCUT2D eigenvalue weighted by Crippen LogP contribution is 2.14. The lowest BCUT2D eigenvalue weighted by atomic mass is 10.3. The number of benzene rings is 1. The van der Waals surface area contributed by atoms with E-state index in [4.69, 9.17) is 5.73 Å². The molecule has 0 amide bonds. The smallest absolute Gasteiger partial charge is 0.178 e. The average Bonchev–Trinajstić information content (AvgIpc) is 2.82. The van der Waals surface area contributed by atoms with E-state index in [0.717, 1.165) is 0 Å². The minimum atomic E-state index is -3.22. The number of sulfone groups is 1. The first-order valence-corrected chi connectivity index (χ1v) is 7.27. The van der Waals surface area contributed by atoms with Crippen LogP contribution in [-0.2, 0) is 16.4 Å². The molecule has 1 aromatic carbocycles. The van der Waals surface area contributed by atoms with Gasteiger partial charge in [0.25, 0.3) is 0 Å². The Kier molecular flexibility index (Phi) is 3.66. The van der Waals surface area contributed by atoms with Crippen molar-refractivity contribution in [3.05, 3.63) is 43.0 Å². The molecule has 6 heteroatoms. The van der Waals surface area contributed by atoms with E-state index >= 15 is 0 Å². The maximum atomic E-state index is 12.0. The lowest BCUT2D eigenvalue weighted by Crippen LogP contribution is -2.09. The van der Waals surface area contributed by atoms with Gasteiger partial charge in [0.1, 0.15) is 0 Å². The van der Waals surface area contributed by atoms with Gasteiger partial charge in [-0.3, -0.25) is 0 Å². The van der Waals surface area contributed by atoms with Crippen molar-refractivity contribution in [3.63, 3.8) is 0 Å². The van der Waals surface area contributed by atoms with Gasteiger partial charge in [-0.1, -0.05) is 0 Å². The van der Waals surface area contributed by atoms with E-state index in [1.807, 2.05) is 10.8 Å². The fourth-order valence-electron chi connectivity index (χ4n) is 1.65. The third-order valence-electron chi connectivity index (χ3n) is 2.63. The van der Waals surface area contributed by atoms with Gasteiger partial charge in [0.2, 0.25) is 0 Å². The summed E-state index contributed by atoms with van der Waals surface area (Å²) in [5, 5.41) is 0. The van der Waals surface area contributed by atoms with Crippen LogP contribution < -0.4 is 5.73 Å². The quantitative estimate of drug-likeness (QED) is 0.827. The molecule has 0 saturated carbocycles. The zero-order chi connectivity index (χ0) is 13.0. The molecule has 2 aromatic rings. The fraction of sp³-hybridized carbons (Fsp3) is 0.250. The Morgan fingerprint density at radius 3 is 2.56 bits per heavy atom. The molecule has 0 spiro atoms. The lowest BCUT2D eigenvalue weighted by Gasteiger charge is -2.05. The van der Waals surface area contributed by atoms with Gasteiger partial charge in [-0.2, -0.15) is 0 Å². The van der Waals surface area contributed by atoms with Crippen molar-refractivity contribution in [1.82, 2.24) is 9.55 Å². The summed E-state index contributed by atoms with van der Waals surface area (Å²) in [6.07, 6.45) is 5.73. The summed E-state index contributed by atoms with van der Waals surface area (Å²) in [7, 11) is -3.22. The Morgan fingerprint density at radius 1 is 1.22 bits per heavy atom. The van der Waals surface area contributed by atoms with Crippen molar-refractivity contribution in [2.45, 2.75) is 17.9 Å². The first-order chi connectivity index (χ1) is 8.58. The van der Waals surface area contributed by atoms with Gasteiger partial charge < -0.3 is 10.3 Å². The number of imidazole rings is 1. The van der Waals surface area contributed by atoms with Crippen LogP contribution >= 0.6 is 0 Å². The van der Waals surface area contributed by atoms with Crippen LogP contribution in [0.15, 0.2) is 47.9 Å². The second-order valence-electron chi connectivity index (χ2n) is 4.04. The van der Waals surface area contributed by atoms with Crippen LogP contribution in [0, 0.1) is 0 Å². The Morgan fingerprint density at radius 2 is 1.94 bits per heavy atom. The largest absolute Gasteiger partial charge is 0.399 e. The van der Waals surface area contributed by atoms with Crippen molar-refractivity contribution >= 4 is 15.5 Å². The second-order valence-corrected chi connectivity index (χ2v) is 6.15. The standard InChI is InChI=1S/C12H15N3O2S/c13-11-2-4-12(5-3-11)18(16,17)9-1-7-15-8-6-14-10-15/h2-6,8,10H,1,7,9,13H2. The van der Waals surface area contributed by atoms with Gasteiger partial charge in [-0.15, -0.1) is 0 Å². The third-order valence-corrected chi connectivity index (χ3v) is 4.44. The molecule has 0 saturated heterocycles. The number of nitrogens with zero attached hydrogens (tertiary/aromatic N) is 2. The molecule has 0 unspecified atom stereocenters. The topological polar surface area (TPSA) is 78.0 Å². The van der Waals surface area contributed by atoms with Crippen LogP contribution in [0.4, 0.5) is 5.69 Å². The highest BCUT2D eigenvalue weighted by Gasteiger charge is 2.13. The second kappa shape index (κ2) is 5.22. The molecule has 0 radical (unpaired) electrons. The average molecular weight is 265 g/mol. The Balaban J connectivity index is 1.97. The van der Waals surface area contributed by atoms with Crippen LogP contribution in [0.1, 0.15) is 6.42 Å². The van der Waals surface area contributed by atoms with E-state index in [9.17, 15) is 8.42 Å². The van der Waals surface area contributed by atoms with Crippen molar-refractivity contribution in [2.75, 3.05) is 11.5 Å². The molecule has 2 N–H and O–H groups in total. The molecule has 0 aliphatic heterocycles. The molecule has 0 aliphatic rings. The number of anilines is 1. The molecular weight excluding hydrogens is 250 g/mol. The molecule has 0 bridgehead atoms. The highest BCUT2D eigenvalue weighted by molar-refractivity contribution is 7.91. The fourth-order valence-corrected chi connectivity index (χ4v) is 2.94. The van der Waals surface area contributed by atoms with E-state index in [-0.39, 0.29) is 5.75 Å². The molecule has 2 rings (SSSR count). The number of nitrogens with two attached hydrogens (primary N) is 1. The van der Waals surface area contributed by atoms with Crippen molar-refractivity contribution in [1.29, 1.82) is 0 Å². The van der Waals surface area contributed by atoms with E-state index in [1.54, 1.807) is 36.8 Å². The van der Waals surface area contributed by atoms with E-state index in [1.165, 1.54) is 0 Å². The number of hydrogen-bond acceptors (Lipinski definition) is 4. The van der Waals surface area contributed by atoms with Crippen molar-refractivity contribution < 1.29 is 8.42 Å². The molecule has 18 heavy (non-hydrogen) atoms. The lowest BCUT2D eigenvalue weighted by molar-refractivity contribution is 0.586. The predicted octanol–water partition coefficient (Wildman–Crippen LogP) is 1.33. The van der Waals surface area contributed by atoms with Crippen LogP contribution in [0.25, 0.3) is 0 Å². The molecule has 0 aliphatic carbocycles. The summed E-state index contributed by atoms with van der Waals surface area (Å²) in [6, 6.07) is 6.29. The van der Waals surface area contributed by atoms with Crippen LogP contribution in [0.5, 0.6) is 0 Å². The molecule has 5 nitrogen and oxygen atoms in total. The zero-order valence-corrected chi connectivity index (χ0v) is 10.7. The molecule has 1 heterocycles. The molecule has 0 atom stereocenters. The summed E-state index contributed by atoms with van der Waals surface area (Å²) in [4.78, 5) is 4.23. The molecule has 0 fully saturated rings. The van der Waals surface area contributed by atoms with Gasteiger partial charge in [0, 0.05) is 24.6 Å². The van der Waals surface area contributed by atoms with E-state index in [2.05, 4.69) is 4.98 Å². The first kappa shape index (κ1) is 12.6. The van der Waals surface area contributed by atoms with Crippen LogP contribution in [0.2, 0.25) is 0 Å². The van der Waals surface area contributed by atoms with E-state index < -0.39 is 9.84 Å². The van der Waals surface area contributed by atoms with Crippen molar-refractivity contribution in [2.24, 2.45) is 0 Å². The maximum Gasteiger partial charge on any atom is 0.178 e. The van der Waals surface area contributed by atoms with Gasteiger partial charge >= 0.3 is 0 Å². The Bertz CT molecular complexity index is 589. The highest BCUT2D eigenvalue weighted by atomic mass is 32.2. The zero-order valence-electron chi connectivity index (χ0n) is 9.86. The van der Waals surface area contributed by atoms with E-state index in [0.29, 0.717) is 23.5 Å². The first-order valence-electron chi connectivity index (χ1n) is 5.62. The number of hydrogen-bond donors (Lipinski definition) is 1. The normalized spacial score (nSPS) is 11.6. The number of aromatic nitrogens is 2. The number of rotatable bonds is 5. The monoisotopic (exact) mass is 265 g/mol. The minimum Gasteiger partial charge on any atom is -0.399 e. The molecular formula is C12H15N3O2S. The number of aryl methyl sites for hydroxylation is 1. The summed E-state index contributed by atoms with van der Waals surface area (Å²) >= 11 is 0. The predicted molar refractivity (Wildman–Crippen MR) is 69.8 cm³/mol. The number of nitrogen functional groups attached to an aromatic ring is 1. The van der Waals surface area contributed by atoms with Gasteiger partial charge in [0.15, 0.2) is 9.84 Å². The SMILES string of the molecule is Nc1ccc(S(=O)(=O)CCCn2ccnc2)cc1. The maximum absolute atomic E-state index is 12.0. The third kappa shape index (κ3) is 3.10. The van der Waals surface area contributed by atoms with Crippen molar-refractivity contribution in [3.8, 4) is 0 Å². The summed E-state index contributed by atoms with van der Waals surface area (Å²) in [5.41, 5.74) is 6.09. The Labute approximate surface area is 106 Å². The van der Waals surface area contributed by atoms with Gasteiger partial charge in [0.05, 0.1) is 17.0 Å². The van der Waals surface area contributed by atoms with Gasteiger partial charge in [-0.05, 0) is 30.7 Å². The summed E-state index contributed by atoms with van der Waals surface area (Å²) in [6.45, 7) is 0.647. The van der Waals surface area contributed by atoms with Crippen LogP contribution in [-0.4, -0.2) is 23.7 Å². The van der Waals surface area contributed by atoms with Gasteiger partial charge in [-0.25, -0.2) is 13.4 Å². The summed E-state index contributed by atoms with van der Waals surface area (Å²) < 4.78 is 25.9. The Hall–Kier alpha value is -1.82. The van der Waals surface area contributed by atoms with Crippen LogP contribution in [0.3, 0.4) is 0 Å². The molecule has 96 valence electrons. The summed E-state index contributed by atoms with van der Waals surface area (Å²) in [5.74, 6) is 0.120. The minimum absolute atomic E-state index is 0.120. The molecule has 1 aromatic heterocycles.